The van der Waals surface area contributed by atoms with E-state index >= 15 is 0 Å². The van der Waals surface area contributed by atoms with Crippen molar-refractivity contribution in [1.29, 1.82) is 0 Å². The number of hydrogen-bond donors (Lipinski definition) is 2. The maximum absolute atomic E-state index is 10.6. The molecule has 0 spiro atoms. The number of aromatic nitrogens is 1. The lowest BCUT2D eigenvalue weighted by Crippen LogP contribution is -2.30. The van der Waals surface area contributed by atoms with Gasteiger partial charge in [-0.05, 0) is 24.5 Å². The third-order valence-corrected chi connectivity index (χ3v) is 3.24. The molecule has 92 valence electrons. The molecular formula is C13H18N2O2. The van der Waals surface area contributed by atoms with E-state index in [1.165, 1.54) is 32.1 Å². The molecule has 0 unspecified atom stereocenters. The van der Waals surface area contributed by atoms with Crippen LogP contribution in [0, 0.1) is 0 Å². The number of aromatic carboxylic acids is 1. The molecule has 4 heteroatoms. The molecule has 0 aromatic carbocycles. The van der Waals surface area contributed by atoms with Crippen LogP contribution < -0.4 is 5.32 Å². The van der Waals surface area contributed by atoms with Crippen LogP contribution in [-0.2, 0) is 6.54 Å². The van der Waals surface area contributed by atoms with Crippen molar-refractivity contribution in [2.45, 2.75) is 44.7 Å². The second kappa shape index (κ2) is 5.77. The van der Waals surface area contributed by atoms with E-state index in [2.05, 4.69) is 10.3 Å². The number of nitrogens with zero attached hydrogens (tertiary/aromatic N) is 1. The summed E-state index contributed by atoms with van der Waals surface area (Å²) in [4.78, 5) is 14.5. The van der Waals surface area contributed by atoms with E-state index in [4.69, 9.17) is 5.11 Å². The summed E-state index contributed by atoms with van der Waals surface area (Å²) in [5.74, 6) is -0.975. The Bertz CT molecular complexity index is 370. The van der Waals surface area contributed by atoms with Crippen molar-refractivity contribution in [1.82, 2.24) is 10.3 Å². The monoisotopic (exact) mass is 234 g/mol. The summed E-state index contributed by atoms with van der Waals surface area (Å²) in [6, 6.07) is 4.00. The summed E-state index contributed by atoms with van der Waals surface area (Å²) in [6.45, 7) is 0.775. The van der Waals surface area contributed by atoms with Gasteiger partial charge in [0.05, 0.1) is 0 Å². The van der Waals surface area contributed by atoms with Gasteiger partial charge in [0.2, 0.25) is 0 Å². The van der Waals surface area contributed by atoms with Gasteiger partial charge in [-0.1, -0.05) is 25.3 Å². The third-order valence-electron chi connectivity index (χ3n) is 3.24. The van der Waals surface area contributed by atoms with Gasteiger partial charge >= 0.3 is 5.97 Å². The second-order valence-electron chi connectivity index (χ2n) is 4.57. The van der Waals surface area contributed by atoms with E-state index in [0.717, 1.165) is 12.1 Å². The average Bonchev–Trinajstić information content (AvgIpc) is 2.38. The van der Waals surface area contributed by atoms with Crippen LogP contribution >= 0.6 is 0 Å². The van der Waals surface area contributed by atoms with Gasteiger partial charge in [-0.3, -0.25) is 0 Å². The zero-order valence-electron chi connectivity index (χ0n) is 9.85. The molecule has 2 N–H and O–H groups in total. The lowest BCUT2D eigenvalue weighted by Gasteiger charge is -2.22. The van der Waals surface area contributed by atoms with Gasteiger partial charge < -0.3 is 10.4 Å². The Balaban J connectivity index is 1.84. The number of carboxylic acids is 1. The quantitative estimate of drug-likeness (QED) is 0.838. The first-order chi connectivity index (χ1) is 8.25. The largest absolute Gasteiger partial charge is 0.477 e. The fourth-order valence-corrected chi connectivity index (χ4v) is 2.22. The molecule has 1 aliphatic rings. The average molecular weight is 234 g/mol. The van der Waals surface area contributed by atoms with E-state index in [-0.39, 0.29) is 5.69 Å². The summed E-state index contributed by atoms with van der Waals surface area (Å²) in [5, 5.41) is 12.2. The molecule has 0 amide bonds. The zero-order chi connectivity index (χ0) is 12.1. The Hall–Kier alpha value is -1.42. The fraction of sp³-hybridized carbons (Fsp3) is 0.538. The van der Waals surface area contributed by atoms with Crippen LogP contribution in [0.25, 0.3) is 0 Å². The highest BCUT2D eigenvalue weighted by atomic mass is 16.4. The Morgan fingerprint density at radius 3 is 2.71 bits per heavy atom. The Kier molecular flexibility index (Phi) is 4.09. The molecule has 17 heavy (non-hydrogen) atoms. The van der Waals surface area contributed by atoms with E-state index in [1.807, 2.05) is 6.07 Å². The van der Waals surface area contributed by atoms with Crippen molar-refractivity contribution in [2.24, 2.45) is 0 Å². The maximum Gasteiger partial charge on any atom is 0.354 e. The van der Waals surface area contributed by atoms with Gasteiger partial charge in [-0.2, -0.15) is 0 Å². The molecule has 1 fully saturated rings. The standard InChI is InChI=1S/C13H18N2O2/c16-13(17)12-7-6-10(9-15-12)8-14-11-4-2-1-3-5-11/h6-7,9,11,14H,1-5,8H2,(H,16,17). The van der Waals surface area contributed by atoms with Crippen molar-refractivity contribution in [3.63, 3.8) is 0 Å². The number of nitrogens with one attached hydrogen (secondary N) is 1. The van der Waals surface area contributed by atoms with Crippen molar-refractivity contribution < 1.29 is 9.90 Å². The van der Waals surface area contributed by atoms with Crippen LogP contribution in [0.3, 0.4) is 0 Å². The number of rotatable bonds is 4. The Morgan fingerprint density at radius 2 is 2.12 bits per heavy atom. The van der Waals surface area contributed by atoms with Gasteiger partial charge in [0.25, 0.3) is 0 Å². The third kappa shape index (κ3) is 3.53. The first-order valence-electron chi connectivity index (χ1n) is 6.17. The van der Waals surface area contributed by atoms with Crippen molar-refractivity contribution in [3.05, 3.63) is 29.6 Å². The van der Waals surface area contributed by atoms with Crippen molar-refractivity contribution in [3.8, 4) is 0 Å². The van der Waals surface area contributed by atoms with E-state index in [9.17, 15) is 4.79 Å². The molecule has 1 aromatic heterocycles. The van der Waals surface area contributed by atoms with Gasteiger partial charge in [0.15, 0.2) is 0 Å². The molecule has 0 bridgehead atoms. The minimum Gasteiger partial charge on any atom is -0.477 e. The second-order valence-corrected chi connectivity index (χ2v) is 4.57. The number of hydrogen-bond acceptors (Lipinski definition) is 3. The van der Waals surface area contributed by atoms with Crippen LogP contribution in [0.5, 0.6) is 0 Å². The molecule has 0 atom stereocenters. The molecule has 1 aliphatic carbocycles. The lowest BCUT2D eigenvalue weighted by atomic mass is 9.95. The SMILES string of the molecule is O=C(O)c1ccc(CNC2CCCCC2)cn1. The highest BCUT2D eigenvalue weighted by Gasteiger charge is 2.12. The predicted octanol–water partition coefficient (Wildman–Crippen LogP) is 2.20. The minimum absolute atomic E-state index is 0.103. The van der Waals surface area contributed by atoms with Crippen LogP contribution in [0.15, 0.2) is 18.3 Å². The highest BCUT2D eigenvalue weighted by Crippen LogP contribution is 2.17. The number of carboxylic acid groups (broad SMARTS) is 1. The molecule has 0 saturated heterocycles. The van der Waals surface area contributed by atoms with Gasteiger partial charge in [0.1, 0.15) is 5.69 Å². The summed E-state index contributed by atoms with van der Waals surface area (Å²) in [7, 11) is 0. The van der Waals surface area contributed by atoms with Crippen molar-refractivity contribution in [2.75, 3.05) is 0 Å². The molecule has 4 nitrogen and oxygen atoms in total. The smallest absolute Gasteiger partial charge is 0.354 e. The number of carbonyl (C=O) groups is 1. The molecule has 1 heterocycles. The topological polar surface area (TPSA) is 62.2 Å². The van der Waals surface area contributed by atoms with Crippen LogP contribution in [-0.4, -0.2) is 22.1 Å². The fourth-order valence-electron chi connectivity index (χ4n) is 2.22. The van der Waals surface area contributed by atoms with E-state index in [0.29, 0.717) is 6.04 Å². The van der Waals surface area contributed by atoms with Crippen molar-refractivity contribution >= 4 is 5.97 Å². The summed E-state index contributed by atoms with van der Waals surface area (Å²) >= 11 is 0. The molecular weight excluding hydrogens is 216 g/mol. The van der Waals surface area contributed by atoms with Crippen LogP contribution in [0.4, 0.5) is 0 Å². The first-order valence-corrected chi connectivity index (χ1v) is 6.17. The lowest BCUT2D eigenvalue weighted by molar-refractivity contribution is 0.0690. The number of pyridine rings is 1. The maximum atomic E-state index is 10.6. The normalized spacial score (nSPS) is 16.9. The Labute approximate surface area is 101 Å². The van der Waals surface area contributed by atoms with Gasteiger partial charge in [-0.25, -0.2) is 9.78 Å². The highest BCUT2D eigenvalue weighted by molar-refractivity contribution is 5.85. The Morgan fingerprint density at radius 1 is 1.35 bits per heavy atom. The van der Waals surface area contributed by atoms with Gasteiger partial charge in [0, 0.05) is 18.8 Å². The minimum atomic E-state index is -0.975. The zero-order valence-corrected chi connectivity index (χ0v) is 9.85. The summed E-state index contributed by atoms with van der Waals surface area (Å²) in [6.07, 6.45) is 8.12. The molecule has 1 saturated carbocycles. The molecule has 2 rings (SSSR count). The predicted molar refractivity (Wildman–Crippen MR) is 64.9 cm³/mol. The van der Waals surface area contributed by atoms with E-state index < -0.39 is 5.97 Å². The molecule has 0 radical (unpaired) electrons. The van der Waals surface area contributed by atoms with Gasteiger partial charge in [-0.15, -0.1) is 0 Å². The van der Waals surface area contributed by atoms with E-state index in [1.54, 1.807) is 12.3 Å². The van der Waals surface area contributed by atoms with Crippen LogP contribution in [0.1, 0.15) is 48.2 Å². The summed E-state index contributed by atoms with van der Waals surface area (Å²) in [5.41, 5.74) is 1.15. The summed E-state index contributed by atoms with van der Waals surface area (Å²) < 4.78 is 0. The first kappa shape index (κ1) is 12.0. The van der Waals surface area contributed by atoms with Crippen LogP contribution in [0.2, 0.25) is 0 Å². The molecule has 0 aliphatic heterocycles. The molecule has 1 aromatic rings.